The fraction of sp³-hybridized carbons (Fsp3) is 0.667. The maximum atomic E-state index is 3.22. The van der Waals surface area contributed by atoms with E-state index in [9.17, 15) is 0 Å². The summed E-state index contributed by atoms with van der Waals surface area (Å²) in [4.78, 5) is 0. The molecule has 0 N–H and O–H groups in total. The van der Waals surface area contributed by atoms with Gasteiger partial charge in [-0.25, -0.2) is 0 Å². The van der Waals surface area contributed by atoms with E-state index in [1.165, 1.54) is 18.4 Å². The molecule has 0 saturated carbocycles. The second-order valence-electron chi connectivity index (χ2n) is 2.29. The molecule has 0 aromatic carbocycles. The van der Waals surface area contributed by atoms with Crippen molar-refractivity contribution >= 4 is 0 Å². The summed E-state index contributed by atoms with van der Waals surface area (Å²) in [6.45, 7) is 6.46. The van der Waals surface area contributed by atoms with Crippen LogP contribution in [0, 0.1) is 0 Å². The first-order valence-electron chi connectivity index (χ1n) is 3.71. The van der Waals surface area contributed by atoms with Crippen molar-refractivity contribution in [2.75, 3.05) is 0 Å². The molecule has 0 aliphatic heterocycles. The van der Waals surface area contributed by atoms with E-state index < -0.39 is 0 Å². The van der Waals surface area contributed by atoms with Crippen LogP contribution in [0.2, 0.25) is 0 Å². The van der Waals surface area contributed by atoms with Gasteiger partial charge in [0.25, 0.3) is 0 Å². The zero-order valence-corrected chi connectivity index (χ0v) is 6.70. The lowest BCUT2D eigenvalue weighted by Gasteiger charge is -1.88. The molecule has 9 heavy (non-hydrogen) atoms. The Morgan fingerprint density at radius 1 is 1.44 bits per heavy atom. The van der Waals surface area contributed by atoms with Crippen LogP contribution in [0.15, 0.2) is 17.4 Å². The highest BCUT2D eigenvalue weighted by Crippen LogP contribution is 1.99. The van der Waals surface area contributed by atoms with Crippen molar-refractivity contribution in [2.45, 2.75) is 40.0 Å². The Kier molecular flexibility index (Phi) is 5.35. The fourth-order valence-electron chi connectivity index (χ4n) is 0.723. The number of allylic oxidation sites excluding steroid dienone is 1. The lowest BCUT2D eigenvalue weighted by atomic mass is 10.2. The van der Waals surface area contributed by atoms with Crippen LogP contribution >= 0.6 is 0 Å². The molecule has 0 amide bonds. The molecular weight excluding hydrogens is 108 g/mol. The van der Waals surface area contributed by atoms with Gasteiger partial charge in [-0.3, -0.25) is 0 Å². The molecule has 52 valence electrons. The topological polar surface area (TPSA) is 0 Å². The van der Waals surface area contributed by atoms with E-state index in [1.807, 2.05) is 0 Å². The van der Waals surface area contributed by atoms with Crippen LogP contribution in [0.1, 0.15) is 40.0 Å². The third kappa shape index (κ3) is 5.39. The van der Waals surface area contributed by atoms with E-state index in [4.69, 9.17) is 0 Å². The predicted molar refractivity (Wildman–Crippen MR) is 42.5 cm³/mol. The first-order valence-corrected chi connectivity index (χ1v) is 3.71. The van der Waals surface area contributed by atoms with E-state index >= 15 is 0 Å². The van der Waals surface area contributed by atoms with E-state index in [-0.39, 0.29) is 0 Å². The van der Waals surface area contributed by atoms with Gasteiger partial charge in [0, 0.05) is 0 Å². The SMILES string of the molecule is CCC=C=C(C)CCC. The molecule has 0 nitrogen and oxygen atoms in total. The highest BCUT2D eigenvalue weighted by atomic mass is 13.9. The monoisotopic (exact) mass is 124 g/mol. The van der Waals surface area contributed by atoms with Crippen molar-refractivity contribution in [1.29, 1.82) is 0 Å². The zero-order valence-electron chi connectivity index (χ0n) is 6.70. The van der Waals surface area contributed by atoms with E-state index in [1.54, 1.807) is 0 Å². The van der Waals surface area contributed by atoms with Gasteiger partial charge in [-0.2, -0.15) is 0 Å². The molecule has 0 heteroatoms. The summed E-state index contributed by atoms with van der Waals surface area (Å²) in [6, 6.07) is 0. The summed E-state index contributed by atoms with van der Waals surface area (Å²) in [7, 11) is 0. The van der Waals surface area contributed by atoms with Gasteiger partial charge in [-0.15, -0.1) is 5.73 Å². The zero-order chi connectivity index (χ0) is 7.11. The average Bonchev–Trinajstić information content (AvgIpc) is 1.85. The van der Waals surface area contributed by atoms with Crippen LogP contribution in [-0.4, -0.2) is 0 Å². The fourth-order valence-corrected chi connectivity index (χ4v) is 0.723. The molecule has 0 spiro atoms. The van der Waals surface area contributed by atoms with E-state index in [0.29, 0.717) is 0 Å². The summed E-state index contributed by atoms with van der Waals surface area (Å²) >= 11 is 0. The van der Waals surface area contributed by atoms with Crippen molar-refractivity contribution in [2.24, 2.45) is 0 Å². The first kappa shape index (κ1) is 8.52. The number of hydrogen-bond donors (Lipinski definition) is 0. The van der Waals surface area contributed by atoms with Crippen molar-refractivity contribution in [3.8, 4) is 0 Å². The van der Waals surface area contributed by atoms with Crippen molar-refractivity contribution in [3.63, 3.8) is 0 Å². The standard InChI is InChI=1S/C9H16/c1-4-6-8-9(3)7-5-2/h6H,4-5,7H2,1-3H3. The molecule has 0 fully saturated rings. The van der Waals surface area contributed by atoms with Crippen molar-refractivity contribution in [1.82, 2.24) is 0 Å². The van der Waals surface area contributed by atoms with Gasteiger partial charge in [0.05, 0.1) is 0 Å². The maximum Gasteiger partial charge on any atom is -0.0249 e. The lowest BCUT2D eigenvalue weighted by Crippen LogP contribution is -1.69. The Balaban J connectivity index is 3.68. The Labute approximate surface area is 58.3 Å². The van der Waals surface area contributed by atoms with Crippen LogP contribution in [0.5, 0.6) is 0 Å². The molecule has 0 aromatic rings. The van der Waals surface area contributed by atoms with Crippen LogP contribution in [0.4, 0.5) is 0 Å². The van der Waals surface area contributed by atoms with Crippen LogP contribution in [0.25, 0.3) is 0 Å². The molecule has 0 atom stereocenters. The second kappa shape index (κ2) is 5.65. The Hall–Kier alpha value is -0.480. The quantitative estimate of drug-likeness (QED) is 0.506. The minimum Gasteiger partial charge on any atom is -0.126 e. The highest BCUT2D eigenvalue weighted by molar-refractivity contribution is 4.97. The molecule has 0 rings (SSSR count). The van der Waals surface area contributed by atoms with E-state index in [2.05, 4.69) is 32.6 Å². The second-order valence-corrected chi connectivity index (χ2v) is 2.29. The van der Waals surface area contributed by atoms with Gasteiger partial charge in [-0.05, 0) is 31.4 Å². The normalized spacial score (nSPS) is 8.33. The first-order chi connectivity index (χ1) is 4.31. The molecule has 0 radical (unpaired) electrons. The molecule has 0 aliphatic rings. The molecule has 0 aliphatic carbocycles. The third-order valence-corrected chi connectivity index (χ3v) is 1.18. The lowest BCUT2D eigenvalue weighted by molar-refractivity contribution is 0.907. The average molecular weight is 124 g/mol. The molecular formula is C9H16. The van der Waals surface area contributed by atoms with E-state index in [0.717, 1.165) is 6.42 Å². The Morgan fingerprint density at radius 2 is 2.11 bits per heavy atom. The summed E-state index contributed by atoms with van der Waals surface area (Å²) in [5.41, 5.74) is 4.60. The summed E-state index contributed by atoms with van der Waals surface area (Å²) < 4.78 is 0. The van der Waals surface area contributed by atoms with Gasteiger partial charge in [0.15, 0.2) is 0 Å². The van der Waals surface area contributed by atoms with Crippen molar-refractivity contribution in [3.05, 3.63) is 17.4 Å². The number of hydrogen-bond acceptors (Lipinski definition) is 0. The minimum atomic E-state index is 1.10. The minimum absolute atomic E-state index is 1.10. The molecule has 0 bridgehead atoms. The van der Waals surface area contributed by atoms with Crippen molar-refractivity contribution < 1.29 is 0 Å². The smallest absolute Gasteiger partial charge is 0.0249 e. The van der Waals surface area contributed by atoms with Gasteiger partial charge < -0.3 is 0 Å². The van der Waals surface area contributed by atoms with Gasteiger partial charge >= 0.3 is 0 Å². The molecule has 0 heterocycles. The molecule has 0 saturated heterocycles. The maximum absolute atomic E-state index is 3.22. The predicted octanol–water partition coefficient (Wildman–Crippen LogP) is 3.30. The largest absolute Gasteiger partial charge is 0.126 e. The van der Waals surface area contributed by atoms with Crippen LogP contribution < -0.4 is 0 Å². The van der Waals surface area contributed by atoms with Gasteiger partial charge in [0.1, 0.15) is 0 Å². The Morgan fingerprint density at radius 3 is 2.56 bits per heavy atom. The Bertz CT molecular complexity index is 114. The number of rotatable bonds is 3. The highest BCUT2D eigenvalue weighted by Gasteiger charge is 1.80. The molecule has 0 aromatic heterocycles. The van der Waals surface area contributed by atoms with Gasteiger partial charge in [0.2, 0.25) is 0 Å². The van der Waals surface area contributed by atoms with Crippen LogP contribution in [0.3, 0.4) is 0 Å². The van der Waals surface area contributed by atoms with Gasteiger partial charge in [-0.1, -0.05) is 20.3 Å². The third-order valence-electron chi connectivity index (χ3n) is 1.18. The summed E-state index contributed by atoms with van der Waals surface area (Å²) in [5, 5.41) is 0. The summed E-state index contributed by atoms with van der Waals surface area (Å²) in [5.74, 6) is 0. The molecule has 0 unspecified atom stereocenters. The van der Waals surface area contributed by atoms with Crippen LogP contribution in [-0.2, 0) is 0 Å². The summed E-state index contributed by atoms with van der Waals surface area (Å²) in [6.07, 6.45) is 5.61.